The van der Waals surface area contributed by atoms with Gasteiger partial charge in [0, 0.05) is 29.2 Å². The second kappa shape index (κ2) is 9.30. The predicted octanol–water partition coefficient (Wildman–Crippen LogP) is 3.44. The molecule has 1 aromatic heterocycles. The van der Waals surface area contributed by atoms with Crippen LogP contribution in [0.25, 0.3) is 0 Å². The number of hydrogen-bond acceptors (Lipinski definition) is 4. The number of carbonyl (C=O) groups excluding carboxylic acids is 3. The van der Waals surface area contributed by atoms with Crippen LogP contribution in [-0.4, -0.2) is 28.5 Å². The van der Waals surface area contributed by atoms with Gasteiger partial charge in [0.1, 0.15) is 0 Å². The van der Waals surface area contributed by atoms with Gasteiger partial charge in [0.25, 0.3) is 5.91 Å². The van der Waals surface area contributed by atoms with Crippen molar-refractivity contribution in [2.24, 2.45) is 5.73 Å². The minimum Gasteiger partial charge on any atom is -0.449 e. The van der Waals surface area contributed by atoms with Crippen molar-refractivity contribution < 1.29 is 19.1 Å². The van der Waals surface area contributed by atoms with Gasteiger partial charge in [0.2, 0.25) is 5.91 Å². The Hall–Kier alpha value is -3.87. The molecule has 0 aliphatic heterocycles. The number of hydrogen-bond donors (Lipinski definition) is 2. The standard InChI is InChI=1S/C24H25N3O4/c1-15-13-21(16(2)27(15)14-18-7-5-4-6-8-18)24(30)31-17(3)23(29)26-20-11-9-19(10-12-20)22(25)28/h4-13,17H,14H2,1-3H3,(H2,25,28)(H,26,29)/t17-/m1/s1. The molecule has 160 valence electrons. The zero-order chi connectivity index (χ0) is 22.5. The van der Waals surface area contributed by atoms with Crippen LogP contribution < -0.4 is 11.1 Å². The Morgan fingerprint density at radius 3 is 2.29 bits per heavy atom. The summed E-state index contributed by atoms with van der Waals surface area (Å²) in [6.07, 6.45) is -1.000. The number of aryl methyl sites for hydroxylation is 1. The molecule has 2 aromatic carbocycles. The molecule has 7 heteroatoms. The second-order valence-corrected chi connectivity index (χ2v) is 7.33. The molecule has 0 saturated heterocycles. The first-order valence-corrected chi connectivity index (χ1v) is 9.88. The van der Waals surface area contributed by atoms with Gasteiger partial charge in [0.05, 0.1) is 5.56 Å². The van der Waals surface area contributed by atoms with E-state index in [1.807, 2.05) is 48.7 Å². The number of anilines is 1. The molecule has 0 unspecified atom stereocenters. The van der Waals surface area contributed by atoms with E-state index in [0.717, 1.165) is 17.0 Å². The van der Waals surface area contributed by atoms with Crippen molar-refractivity contribution >= 4 is 23.5 Å². The highest BCUT2D eigenvalue weighted by Crippen LogP contribution is 2.19. The van der Waals surface area contributed by atoms with Gasteiger partial charge in [0.15, 0.2) is 6.10 Å². The Kier molecular flexibility index (Phi) is 6.55. The first-order valence-electron chi connectivity index (χ1n) is 9.88. The number of carbonyl (C=O) groups is 3. The number of primary amides is 1. The molecule has 0 fully saturated rings. The maximum atomic E-state index is 12.7. The fourth-order valence-corrected chi connectivity index (χ4v) is 3.26. The fraction of sp³-hybridized carbons (Fsp3) is 0.208. The van der Waals surface area contributed by atoms with E-state index in [4.69, 9.17) is 10.5 Å². The molecule has 2 amide bonds. The van der Waals surface area contributed by atoms with Crippen LogP contribution in [0, 0.1) is 13.8 Å². The molecule has 1 atom stereocenters. The Bertz CT molecular complexity index is 1100. The van der Waals surface area contributed by atoms with Crippen molar-refractivity contribution in [2.75, 3.05) is 5.32 Å². The lowest BCUT2D eigenvalue weighted by Crippen LogP contribution is -2.30. The van der Waals surface area contributed by atoms with E-state index in [1.54, 1.807) is 18.2 Å². The summed E-state index contributed by atoms with van der Waals surface area (Å²) in [6.45, 7) is 5.94. The van der Waals surface area contributed by atoms with Crippen LogP contribution in [0.3, 0.4) is 0 Å². The summed E-state index contributed by atoms with van der Waals surface area (Å²) in [7, 11) is 0. The summed E-state index contributed by atoms with van der Waals surface area (Å²) >= 11 is 0. The average molecular weight is 419 g/mol. The minimum atomic E-state index is -1.000. The molecule has 0 spiro atoms. The molecule has 0 aliphatic rings. The fourth-order valence-electron chi connectivity index (χ4n) is 3.26. The third-order valence-corrected chi connectivity index (χ3v) is 5.07. The number of nitrogens with one attached hydrogen (secondary N) is 1. The second-order valence-electron chi connectivity index (χ2n) is 7.33. The number of benzene rings is 2. The number of nitrogens with zero attached hydrogens (tertiary/aromatic N) is 1. The lowest BCUT2D eigenvalue weighted by Gasteiger charge is -2.14. The van der Waals surface area contributed by atoms with Crippen LogP contribution >= 0.6 is 0 Å². The van der Waals surface area contributed by atoms with Crippen molar-refractivity contribution in [3.8, 4) is 0 Å². The smallest absolute Gasteiger partial charge is 0.340 e. The van der Waals surface area contributed by atoms with E-state index in [1.165, 1.54) is 19.1 Å². The van der Waals surface area contributed by atoms with E-state index >= 15 is 0 Å². The highest BCUT2D eigenvalue weighted by atomic mass is 16.5. The van der Waals surface area contributed by atoms with Crippen LogP contribution in [0.15, 0.2) is 60.7 Å². The Balaban J connectivity index is 1.65. The maximum Gasteiger partial charge on any atom is 0.340 e. The average Bonchev–Trinajstić information content (AvgIpc) is 3.03. The highest BCUT2D eigenvalue weighted by molar-refractivity contribution is 5.98. The van der Waals surface area contributed by atoms with E-state index in [0.29, 0.717) is 23.4 Å². The van der Waals surface area contributed by atoms with Crippen LogP contribution in [-0.2, 0) is 16.1 Å². The number of rotatable bonds is 7. The highest BCUT2D eigenvalue weighted by Gasteiger charge is 2.23. The SMILES string of the molecule is Cc1cc(C(=O)O[C@H](C)C(=O)Nc2ccc(C(N)=O)cc2)c(C)n1Cc1ccccc1. The van der Waals surface area contributed by atoms with Crippen molar-refractivity contribution in [2.45, 2.75) is 33.4 Å². The van der Waals surface area contributed by atoms with Crippen molar-refractivity contribution in [3.05, 3.63) is 88.7 Å². The van der Waals surface area contributed by atoms with Crippen molar-refractivity contribution in [1.82, 2.24) is 4.57 Å². The Labute approximate surface area is 180 Å². The van der Waals surface area contributed by atoms with Gasteiger partial charge in [-0.2, -0.15) is 0 Å². The lowest BCUT2D eigenvalue weighted by molar-refractivity contribution is -0.123. The van der Waals surface area contributed by atoms with E-state index < -0.39 is 23.9 Å². The van der Waals surface area contributed by atoms with Gasteiger partial charge in [-0.05, 0) is 56.7 Å². The molecule has 1 heterocycles. The Morgan fingerprint density at radius 2 is 1.68 bits per heavy atom. The van der Waals surface area contributed by atoms with E-state index in [-0.39, 0.29) is 0 Å². The van der Waals surface area contributed by atoms with Crippen LogP contribution in [0.1, 0.15) is 44.6 Å². The summed E-state index contributed by atoms with van der Waals surface area (Å²) < 4.78 is 7.43. The molecule has 31 heavy (non-hydrogen) atoms. The quantitative estimate of drug-likeness (QED) is 0.573. The van der Waals surface area contributed by atoms with Crippen LogP contribution in [0.2, 0.25) is 0 Å². The molecule has 7 nitrogen and oxygen atoms in total. The molecule has 3 aromatic rings. The molecule has 0 bridgehead atoms. The molecule has 3 N–H and O–H groups in total. The van der Waals surface area contributed by atoms with Gasteiger partial charge in [-0.15, -0.1) is 0 Å². The summed E-state index contributed by atoms with van der Waals surface area (Å²) in [4.78, 5) is 36.2. The summed E-state index contributed by atoms with van der Waals surface area (Å²) in [5.74, 6) is -1.58. The van der Waals surface area contributed by atoms with Gasteiger partial charge < -0.3 is 20.4 Å². The molecule has 0 aliphatic carbocycles. The monoisotopic (exact) mass is 419 g/mol. The van der Waals surface area contributed by atoms with E-state index in [2.05, 4.69) is 5.32 Å². The Morgan fingerprint density at radius 1 is 1.03 bits per heavy atom. The lowest BCUT2D eigenvalue weighted by atomic mass is 10.2. The van der Waals surface area contributed by atoms with Gasteiger partial charge in [-0.25, -0.2) is 4.79 Å². The summed E-state index contributed by atoms with van der Waals surface area (Å²) in [5, 5.41) is 2.66. The molecular weight excluding hydrogens is 394 g/mol. The predicted molar refractivity (Wildman–Crippen MR) is 118 cm³/mol. The van der Waals surface area contributed by atoms with Crippen molar-refractivity contribution in [3.63, 3.8) is 0 Å². The summed E-state index contributed by atoms with van der Waals surface area (Å²) in [6, 6.07) is 17.9. The van der Waals surface area contributed by atoms with Crippen LogP contribution in [0.4, 0.5) is 5.69 Å². The number of aromatic nitrogens is 1. The molecule has 0 radical (unpaired) electrons. The van der Waals surface area contributed by atoms with E-state index in [9.17, 15) is 14.4 Å². The molecular formula is C24H25N3O4. The largest absolute Gasteiger partial charge is 0.449 e. The van der Waals surface area contributed by atoms with Gasteiger partial charge in [-0.3, -0.25) is 9.59 Å². The third kappa shape index (κ3) is 5.19. The zero-order valence-corrected chi connectivity index (χ0v) is 17.7. The maximum absolute atomic E-state index is 12.7. The number of ether oxygens (including phenoxy) is 1. The molecule has 0 saturated carbocycles. The van der Waals surface area contributed by atoms with Gasteiger partial charge in [-0.1, -0.05) is 30.3 Å². The van der Waals surface area contributed by atoms with Gasteiger partial charge >= 0.3 is 5.97 Å². The third-order valence-electron chi connectivity index (χ3n) is 5.07. The van der Waals surface area contributed by atoms with Crippen LogP contribution in [0.5, 0.6) is 0 Å². The van der Waals surface area contributed by atoms with Crippen molar-refractivity contribution in [1.29, 1.82) is 0 Å². The first-order chi connectivity index (χ1) is 14.8. The zero-order valence-electron chi connectivity index (χ0n) is 17.7. The number of nitrogens with two attached hydrogens (primary N) is 1. The normalized spacial score (nSPS) is 11.6. The number of esters is 1. The molecule has 3 rings (SSSR count). The summed E-state index contributed by atoms with van der Waals surface area (Å²) in [5.41, 5.74) is 9.28. The minimum absolute atomic E-state index is 0.336. The topological polar surface area (TPSA) is 103 Å². The number of amides is 2. The first kappa shape index (κ1) is 21.8.